The van der Waals surface area contributed by atoms with Gasteiger partial charge in [-0.2, -0.15) is 0 Å². The lowest BCUT2D eigenvalue weighted by molar-refractivity contribution is -0.150. The highest BCUT2D eigenvalue weighted by molar-refractivity contribution is 5.74. The number of hydrogen-bond donors (Lipinski definition) is 1. The fraction of sp³-hybridized carbons (Fsp3) is 0.462. The lowest BCUT2D eigenvalue weighted by Gasteiger charge is -2.15. The number of hydrogen-bond acceptors (Lipinski definition) is 4. The number of esters is 1. The van der Waals surface area contributed by atoms with E-state index in [0.717, 1.165) is 5.56 Å². The number of rotatable bonds is 6. The highest BCUT2D eigenvalue weighted by Gasteiger charge is 2.16. The van der Waals surface area contributed by atoms with Crippen molar-refractivity contribution < 1.29 is 19.4 Å². The van der Waals surface area contributed by atoms with Crippen LogP contribution in [0.3, 0.4) is 0 Å². The molecule has 0 aliphatic rings. The summed E-state index contributed by atoms with van der Waals surface area (Å²) in [5.41, 5.74) is 0.881. The maximum Gasteiger partial charge on any atom is 0.347 e. The molecule has 4 heteroatoms. The van der Waals surface area contributed by atoms with E-state index in [0.29, 0.717) is 18.8 Å². The van der Waals surface area contributed by atoms with Crippen LogP contribution in [0.4, 0.5) is 0 Å². The molecule has 1 unspecified atom stereocenters. The van der Waals surface area contributed by atoms with Crippen molar-refractivity contribution in [3.05, 3.63) is 29.8 Å². The highest BCUT2D eigenvalue weighted by atomic mass is 16.6. The Morgan fingerprint density at radius 2 is 2.12 bits per heavy atom. The Bertz CT molecular complexity index is 362. The van der Waals surface area contributed by atoms with Crippen molar-refractivity contribution in [3.8, 4) is 5.75 Å². The summed E-state index contributed by atoms with van der Waals surface area (Å²) >= 11 is 0. The van der Waals surface area contributed by atoms with Crippen LogP contribution < -0.4 is 4.74 Å². The third kappa shape index (κ3) is 4.07. The van der Waals surface area contributed by atoms with Crippen LogP contribution in [0.1, 0.15) is 19.4 Å². The second-order valence-corrected chi connectivity index (χ2v) is 3.59. The Balaban J connectivity index is 2.70. The fourth-order valence-corrected chi connectivity index (χ4v) is 1.44. The van der Waals surface area contributed by atoms with E-state index in [4.69, 9.17) is 14.6 Å². The second kappa shape index (κ2) is 6.91. The van der Waals surface area contributed by atoms with Gasteiger partial charge in [0.2, 0.25) is 0 Å². The van der Waals surface area contributed by atoms with Gasteiger partial charge in [0.1, 0.15) is 5.75 Å². The minimum Gasteiger partial charge on any atom is -0.479 e. The van der Waals surface area contributed by atoms with Gasteiger partial charge in [-0.3, -0.25) is 0 Å². The minimum atomic E-state index is -0.644. The monoisotopic (exact) mass is 238 g/mol. The number of benzene rings is 1. The lowest BCUT2D eigenvalue weighted by atomic mass is 10.1. The van der Waals surface area contributed by atoms with Gasteiger partial charge in [0.25, 0.3) is 0 Å². The first-order valence-electron chi connectivity index (χ1n) is 5.71. The standard InChI is InChI=1S/C13H18O4/c1-3-16-13(15)10(2)17-12-7-5-4-6-11(12)8-9-14/h4-7,10,14H,3,8-9H2,1-2H3. The number of ether oxygens (including phenoxy) is 2. The van der Waals surface area contributed by atoms with Crippen molar-refractivity contribution in [1.82, 2.24) is 0 Å². The van der Waals surface area contributed by atoms with E-state index in [1.54, 1.807) is 19.9 Å². The van der Waals surface area contributed by atoms with Crippen LogP contribution in [-0.2, 0) is 16.0 Å². The molecule has 1 aromatic carbocycles. The molecule has 0 bridgehead atoms. The molecule has 0 amide bonds. The molecule has 0 radical (unpaired) electrons. The molecule has 1 rings (SSSR count). The number of carbonyl (C=O) groups excluding carboxylic acids is 1. The highest BCUT2D eigenvalue weighted by Crippen LogP contribution is 2.20. The van der Waals surface area contributed by atoms with Crippen LogP contribution in [0.5, 0.6) is 5.75 Å². The molecule has 0 aliphatic heterocycles. The maximum atomic E-state index is 11.4. The second-order valence-electron chi connectivity index (χ2n) is 3.59. The Hall–Kier alpha value is -1.55. The van der Waals surface area contributed by atoms with Crippen LogP contribution in [0.2, 0.25) is 0 Å². The topological polar surface area (TPSA) is 55.8 Å². The molecule has 1 aromatic rings. The molecule has 4 nitrogen and oxygen atoms in total. The number of aliphatic hydroxyl groups excluding tert-OH is 1. The third-order valence-electron chi connectivity index (χ3n) is 2.28. The zero-order valence-electron chi connectivity index (χ0n) is 10.2. The molecule has 0 saturated heterocycles. The van der Waals surface area contributed by atoms with Crippen LogP contribution >= 0.6 is 0 Å². The van der Waals surface area contributed by atoms with Crippen molar-refractivity contribution in [2.45, 2.75) is 26.4 Å². The van der Waals surface area contributed by atoms with E-state index in [1.165, 1.54) is 0 Å². The number of para-hydroxylation sites is 1. The smallest absolute Gasteiger partial charge is 0.347 e. The zero-order chi connectivity index (χ0) is 12.7. The van der Waals surface area contributed by atoms with Gasteiger partial charge in [-0.1, -0.05) is 18.2 Å². The molecule has 17 heavy (non-hydrogen) atoms. The van der Waals surface area contributed by atoms with Crippen LogP contribution in [0.25, 0.3) is 0 Å². The van der Waals surface area contributed by atoms with E-state index in [2.05, 4.69) is 0 Å². The first-order valence-corrected chi connectivity index (χ1v) is 5.71. The van der Waals surface area contributed by atoms with Gasteiger partial charge in [0.05, 0.1) is 6.61 Å². The fourth-order valence-electron chi connectivity index (χ4n) is 1.44. The molecular weight excluding hydrogens is 220 g/mol. The summed E-state index contributed by atoms with van der Waals surface area (Å²) in [4.78, 5) is 11.4. The van der Waals surface area contributed by atoms with Gasteiger partial charge in [0, 0.05) is 6.61 Å². The summed E-state index contributed by atoms with van der Waals surface area (Å²) in [7, 11) is 0. The van der Waals surface area contributed by atoms with Gasteiger partial charge >= 0.3 is 5.97 Å². The molecule has 1 N–H and O–H groups in total. The molecule has 0 saturated carbocycles. The van der Waals surface area contributed by atoms with E-state index in [-0.39, 0.29) is 12.6 Å². The molecule has 0 spiro atoms. The summed E-state index contributed by atoms with van der Waals surface area (Å²) in [6.45, 7) is 3.79. The molecule has 0 aliphatic carbocycles. The van der Waals surface area contributed by atoms with Crippen molar-refractivity contribution >= 4 is 5.97 Å². The SMILES string of the molecule is CCOC(=O)C(C)Oc1ccccc1CCO. The van der Waals surface area contributed by atoms with Crippen molar-refractivity contribution in [3.63, 3.8) is 0 Å². The Labute approximate surface area is 101 Å². The summed E-state index contributed by atoms with van der Waals surface area (Å²) in [5, 5.41) is 8.92. The average molecular weight is 238 g/mol. The predicted molar refractivity (Wildman–Crippen MR) is 64.0 cm³/mol. The summed E-state index contributed by atoms with van der Waals surface area (Å²) in [5.74, 6) is 0.230. The summed E-state index contributed by atoms with van der Waals surface area (Å²) < 4.78 is 10.4. The van der Waals surface area contributed by atoms with E-state index < -0.39 is 6.10 Å². The largest absolute Gasteiger partial charge is 0.479 e. The maximum absolute atomic E-state index is 11.4. The quantitative estimate of drug-likeness (QED) is 0.764. The van der Waals surface area contributed by atoms with Gasteiger partial charge in [-0.05, 0) is 31.9 Å². The van der Waals surface area contributed by atoms with E-state index in [1.807, 2.05) is 18.2 Å². The zero-order valence-corrected chi connectivity index (χ0v) is 10.2. The summed E-state index contributed by atoms with van der Waals surface area (Å²) in [6.07, 6.45) is -0.138. The van der Waals surface area contributed by atoms with Gasteiger partial charge in [-0.15, -0.1) is 0 Å². The molecule has 1 atom stereocenters. The van der Waals surface area contributed by atoms with Crippen molar-refractivity contribution in [1.29, 1.82) is 0 Å². The Morgan fingerprint density at radius 1 is 1.41 bits per heavy atom. The number of aliphatic hydroxyl groups is 1. The van der Waals surface area contributed by atoms with Crippen LogP contribution in [0.15, 0.2) is 24.3 Å². The van der Waals surface area contributed by atoms with Gasteiger partial charge in [-0.25, -0.2) is 4.79 Å². The Morgan fingerprint density at radius 3 is 2.76 bits per heavy atom. The average Bonchev–Trinajstić information content (AvgIpc) is 2.32. The molecular formula is C13H18O4. The predicted octanol–water partition coefficient (Wildman–Crippen LogP) is 1.55. The van der Waals surface area contributed by atoms with E-state index in [9.17, 15) is 4.79 Å². The van der Waals surface area contributed by atoms with Crippen LogP contribution in [-0.4, -0.2) is 30.4 Å². The lowest BCUT2D eigenvalue weighted by Crippen LogP contribution is -2.26. The van der Waals surface area contributed by atoms with Crippen molar-refractivity contribution in [2.75, 3.05) is 13.2 Å². The normalized spacial score (nSPS) is 11.9. The minimum absolute atomic E-state index is 0.0498. The summed E-state index contributed by atoms with van der Waals surface area (Å²) in [6, 6.07) is 7.34. The Kier molecular flexibility index (Phi) is 5.49. The first kappa shape index (κ1) is 13.5. The van der Waals surface area contributed by atoms with Gasteiger partial charge < -0.3 is 14.6 Å². The molecule has 94 valence electrons. The van der Waals surface area contributed by atoms with Crippen LogP contribution in [0, 0.1) is 0 Å². The number of carbonyl (C=O) groups is 1. The first-order chi connectivity index (χ1) is 8.19. The molecule has 0 fully saturated rings. The van der Waals surface area contributed by atoms with E-state index >= 15 is 0 Å². The third-order valence-corrected chi connectivity index (χ3v) is 2.28. The molecule has 0 heterocycles. The molecule has 0 aromatic heterocycles. The van der Waals surface area contributed by atoms with Gasteiger partial charge in [0.15, 0.2) is 6.10 Å². The van der Waals surface area contributed by atoms with Crippen molar-refractivity contribution in [2.24, 2.45) is 0 Å².